The molecule has 240 valence electrons. The van der Waals surface area contributed by atoms with Gasteiger partial charge in [0.2, 0.25) is 9.84 Å². The minimum atomic E-state index is -4.11. The molecular formula is C36H42O8S. The van der Waals surface area contributed by atoms with E-state index >= 15 is 0 Å². The summed E-state index contributed by atoms with van der Waals surface area (Å²) in [5.41, 5.74) is 2.07. The number of unbranched alkanes of at least 4 members (excludes halogenated alkanes) is 2. The summed E-state index contributed by atoms with van der Waals surface area (Å²) in [6.07, 6.45) is 4.05. The Hall–Kier alpha value is -4.05. The van der Waals surface area contributed by atoms with Crippen molar-refractivity contribution in [3.05, 3.63) is 84.9 Å². The zero-order valence-corrected chi connectivity index (χ0v) is 26.7. The summed E-state index contributed by atoms with van der Waals surface area (Å²) in [6.45, 7) is 7.01. The summed E-state index contributed by atoms with van der Waals surface area (Å²) in [7, 11) is -4.11. The molecule has 0 amide bonds. The van der Waals surface area contributed by atoms with Crippen molar-refractivity contribution in [3.63, 3.8) is 0 Å². The Morgan fingerprint density at radius 2 is 0.933 bits per heavy atom. The van der Waals surface area contributed by atoms with Gasteiger partial charge < -0.3 is 29.2 Å². The minimum absolute atomic E-state index is 0.0701. The molecule has 0 aliphatic carbocycles. The van der Waals surface area contributed by atoms with E-state index < -0.39 is 9.84 Å². The van der Waals surface area contributed by atoms with Crippen molar-refractivity contribution in [2.75, 3.05) is 39.6 Å². The summed E-state index contributed by atoms with van der Waals surface area (Å²) >= 11 is 0. The number of hydrogen-bond donors (Lipinski definition) is 2. The van der Waals surface area contributed by atoms with Gasteiger partial charge in [-0.3, -0.25) is 0 Å². The van der Waals surface area contributed by atoms with Gasteiger partial charge in [-0.1, -0.05) is 51.0 Å². The van der Waals surface area contributed by atoms with Crippen molar-refractivity contribution < 1.29 is 37.6 Å². The number of phenols is 2. The second kappa shape index (κ2) is 16.9. The number of aromatic hydroxyl groups is 2. The first kappa shape index (κ1) is 33.8. The molecule has 0 saturated heterocycles. The lowest BCUT2D eigenvalue weighted by Gasteiger charge is -2.17. The molecule has 0 aromatic heterocycles. The smallest absolute Gasteiger partial charge is 0.207 e. The van der Waals surface area contributed by atoms with Crippen molar-refractivity contribution >= 4 is 9.84 Å². The van der Waals surface area contributed by atoms with E-state index in [0.717, 1.165) is 25.7 Å². The second-order valence-corrected chi connectivity index (χ2v) is 12.4. The highest BCUT2D eigenvalue weighted by atomic mass is 32.2. The lowest BCUT2D eigenvalue weighted by atomic mass is 10.0. The van der Waals surface area contributed by atoms with Crippen LogP contribution < -0.4 is 9.47 Å². The normalized spacial score (nSPS) is 11.4. The molecule has 4 rings (SSSR count). The number of hydrogen-bond acceptors (Lipinski definition) is 8. The van der Waals surface area contributed by atoms with Crippen molar-refractivity contribution in [1.82, 2.24) is 0 Å². The summed E-state index contributed by atoms with van der Waals surface area (Å²) < 4.78 is 52.0. The van der Waals surface area contributed by atoms with Crippen molar-refractivity contribution in [2.24, 2.45) is 0 Å². The molecule has 0 unspecified atom stereocenters. The summed E-state index contributed by atoms with van der Waals surface area (Å²) in [6, 6.07) is 22.5. The Kier molecular flexibility index (Phi) is 12.7. The monoisotopic (exact) mass is 634 g/mol. The number of ether oxygens (including phenoxy) is 4. The van der Waals surface area contributed by atoms with Crippen molar-refractivity contribution in [2.45, 2.75) is 49.3 Å². The third-order valence-electron chi connectivity index (χ3n) is 7.11. The second-order valence-electron chi connectivity index (χ2n) is 10.5. The Labute approximate surface area is 266 Å². The number of rotatable bonds is 18. The summed E-state index contributed by atoms with van der Waals surface area (Å²) in [5, 5.41) is 19.8. The zero-order valence-electron chi connectivity index (χ0n) is 25.9. The van der Waals surface area contributed by atoms with Crippen LogP contribution in [0, 0.1) is 0 Å². The molecular weight excluding hydrogens is 592 g/mol. The maximum atomic E-state index is 14.5. The van der Waals surface area contributed by atoms with Gasteiger partial charge in [-0.25, -0.2) is 8.42 Å². The van der Waals surface area contributed by atoms with E-state index in [2.05, 4.69) is 13.8 Å². The molecule has 2 N–H and O–H groups in total. The van der Waals surface area contributed by atoms with E-state index in [4.69, 9.17) is 18.9 Å². The van der Waals surface area contributed by atoms with Crippen molar-refractivity contribution in [3.8, 4) is 45.3 Å². The van der Waals surface area contributed by atoms with Crippen LogP contribution in [0.15, 0.2) is 94.7 Å². The fraction of sp³-hybridized carbons (Fsp3) is 0.333. The highest BCUT2D eigenvalue weighted by molar-refractivity contribution is 7.91. The molecule has 4 aromatic carbocycles. The van der Waals surface area contributed by atoms with Crippen LogP contribution in [0.2, 0.25) is 0 Å². The van der Waals surface area contributed by atoms with Crippen LogP contribution in [0.25, 0.3) is 22.3 Å². The predicted octanol–water partition coefficient (Wildman–Crippen LogP) is 7.66. The minimum Gasteiger partial charge on any atom is -0.508 e. The lowest BCUT2D eigenvalue weighted by Crippen LogP contribution is -2.10. The lowest BCUT2D eigenvalue weighted by molar-refractivity contribution is 0.0980. The van der Waals surface area contributed by atoms with Crippen LogP contribution >= 0.6 is 0 Å². The van der Waals surface area contributed by atoms with Gasteiger partial charge in [0.25, 0.3) is 0 Å². The number of sulfone groups is 1. The van der Waals surface area contributed by atoms with Gasteiger partial charge in [0.05, 0.1) is 23.0 Å². The third-order valence-corrected chi connectivity index (χ3v) is 8.99. The van der Waals surface area contributed by atoms with E-state index in [9.17, 15) is 18.6 Å². The van der Waals surface area contributed by atoms with Gasteiger partial charge in [0.1, 0.15) is 36.2 Å². The van der Waals surface area contributed by atoms with Gasteiger partial charge in [-0.15, -0.1) is 0 Å². The van der Waals surface area contributed by atoms with Gasteiger partial charge >= 0.3 is 0 Å². The molecule has 45 heavy (non-hydrogen) atoms. The zero-order chi connectivity index (χ0) is 32.1. The fourth-order valence-electron chi connectivity index (χ4n) is 4.65. The molecule has 0 fully saturated rings. The van der Waals surface area contributed by atoms with E-state index in [-0.39, 0.29) is 21.3 Å². The molecule has 4 aromatic rings. The Balaban J connectivity index is 1.70. The van der Waals surface area contributed by atoms with Gasteiger partial charge in [0, 0.05) is 24.3 Å². The quantitative estimate of drug-likeness (QED) is 0.107. The van der Waals surface area contributed by atoms with Crippen LogP contribution in [0.3, 0.4) is 0 Å². The molecule has 9 heteroatoms. The molecule has 0 spiro atoms. The van der Waals surface area contributed by atoms with E-state index in [1.54, 1.807) is 60.7 Å². The molecule has 8 nitrogen and oxygen atoms in total. The standard InChI is InChI=1S/C36H42O8S/c1-3-5-19-41-21-23-43-31-15-17-35(33(25-31)27-7-11-29(37)12-8-27)45(39,40)36-18-16-32(44-24-22-42-20-6-4-2)26-34(36)28-9-13-30(38)14-10-28/h7-18,25-26,37-38H,3-6,19-24H2,1-2H3. The van der Waals surface area contributed by atoms with Crippen LogP contribution in [-0.4, -0.2) is 58.3 Å². The molecule has 0 atom stereocenters. The van der Waals surface area contributed by atoms with Gasteiger partial charge in [-0.05, 0) is 84.6 Å². The average molecular weight is 635 g/mol. The maximum Gasteiger partial charge on any atom is 0.207 e. The van der Waals surface area contributed by atoms with Crippen LogP contribution in [0.1, 0.15) is 39.5 Å². The molecule has 0 aliphatic rings. The first-order valence-electron chi connectivity index (χ1n) is 15.4. The predicted molar refractivity (Wildman–Crippen MR) is 175 cm³/mol. The Morgan fingerprint density at radius 1 is 0.533 bits per heavy atom. The Morgan fingerprint density at radius 3 is 1.31 bits per heavy atom. The third kappa shape index (κ3) is 9.47. The van der Waals surface area contributed by atoms with Crippen molar-refractivity contribution in [1.29, 1.82) is 0 Å². The SMILES string of the molecule is CCCCOCCOc1ccc(S(=O)(=O)c2ccc(OCCOCCCC)cc2-c2ccc(O)cc2)c(-c2ccc(O)cc2)c1. The molecule has 0 aliphatic heterocycles. The molecule has 0 saturated carbocycles. The summed E-state index contributed by atoms with van der Waals surface area (Å²) in [4.78, 5) is 0.163. The van der Waals surface area contributed by atoms with E-state index in [1.165, 1.54) is 24.3 Å². The molecule has 0 radical (unpaired) electrons. The van der Waals surface area contributed by atoms with E-state index in [0.29, 0.717) is 73.4 Å². The fourth-order valence-corrected chi connectivity index (χ4v) is 6.32. The van der Waals surface area contributed by atoms with E-state index in [1.807, 2.05) is 0 Å². The summed E-state index contributed by atoms with van der Waals surface area (Å²) in [5.74, 6) is 1.14. The highest BCUT2D eigenvalue weighted by Crippen LogP contribution is 2.40. The Bertz CT molecular complexity index is 1480. The van der Waals surface area contributed by atoms with Crippen LogP contribution in [0.5, 0.6) is 23.0 Å². The van der Waals surface area contributed by atoms with Crippen LogP contribution in [-0.2, 0) is 19.3 Å². The molecule has 0 bridgehead atoms. The first-order valence-corrected chi connectivity index (χ1v) is 16.8. The topological polar surface area (TPSA) is 112 Å². The average Bonchev–Trinajstić information content (AvgIpc) is 3.05. The highest BCUT2D eigenvalue weighted by Gasteiger charge is 2.27. The van der Waals surface area contributed by atoms with Gasteiger partial charge in [0.15, 0.2) is 0 Å². The van der Waals surface area contributed by atoms with Gasteiger partial charge in [-0.2, -0.15) is 0 Å². The first-order chi connectivity index (χ1) is 21.8. The number of benzene rings is 4. The maximum absolute atomic E-state index is 14.5. The van der Waals surface area contributed by atoms with Crippen LogP contribution in [0.4, 0.5) is 0 Å². The number of phenolic OH excluding ortho intramolecular Hbond substituents is 2. The largest absolute Gasteiger partial charge is 0.508 e. The molecule has 0 heterocycles.